The number of carbonyl (C=O) groups excluding carboxylic acids is 1. The average molecular weight is 310 g/mol. The lowest BCUT2D eigenvalue weighted by atomic mass is 10.3. The van der Waals surface area contributed by atoms with E-state index in [1.54, 1.807) is 31.8 Å². The first-order chi connectivity index (χ1) is 10.1. The summed E-state index contributed by atoms with van der Waals surface area (Å²) in [6.07, 6.45) is 0. The highest BCUT2D eigenvalue weighted by Gasteiger charge is 2.19. The minimum atomic E-state index is -0.484. The normalized spacial score (nSPS) is 12.3. The lowest BCUT2D eigenvalue weighted by Gasteiger charge is -2.14. The summed E-state index contributed by atoms with van der Waals surface area (Å²) in [5.41, 5.74) is 1.35. The maximum absolute atomic E-state index is 12.2. The van der Waals surface area contributed by atoms with Crippen LogP contribution in [0.1, 0.15) is 13.0 Å². The van der Waals surface area contributed by atoms with Crippen LogP contribution in [-0.2, 0) is 9.53 Å². The number of fused-ring (bicyclic) bond motifs is 1. The van der Waals surface area contributed by atoms with Gasteiger partial charge in [-0.2, -0.15) is 4.98 Å². The molecule has 0 saturated heterocycles. The molecule has 0 aliphatic heterocycles. The molecular formula is C13H18N4O3S. The molecule has 2 heterocycles. The Bertz CT molecular complexity index is 694. The van der Waals surface area contributed by atoms with E-state index in [1.165, 1.54) is 0 Å². The zero-order valence-corrected chi connectivity index (χ0v) is 13.0. The Morgan fingerprint density at radius 2 is 2.29 bits per heavy atom. The second-order valence-corrected chi connectivity index (χ2v) is 4.87. The van der Waals surface area contributed by atoms with Gasteiger partial charge < -0.3 is 19.8 Å². The van der Waals surface area contributed by atoms with Gasteiger partial charge in [-0.1, -0.05) is 0 Å². The van der Waals surface area contributed by atoms with Gasteiger partial charge in [0, 0.05) is 19.7 Å². The minimum absolute atomic E-state index is 0.145. The summed E-state index contributed by atoms with van der Waals surface area (Å²) in [5.74, 6) is 0.325. The molecule has 0 spiro atoms. The highest BCUT2D eigenvalue weighted by atomic mass is 32.1. The highest BCUT2D eigenvalue weighted by Crippen LogP contribution is 2.20. The largest absolute Gasteiger partial charge is 0.481 e. The van der Waals surface area contributed by atoms with Gasteiger partial charge in [-0.25, -0.2) is 0 Å². The molecule has 1 amide bonds. The number of H-pyrrole nitrogens is 1. The molecule has 0 radical (unpaired) electrons. The Labute approximate surface area is 127 Å². The summed E-state index contributed by atoms with van der Waals surface area (Å²) >= 11 is 5.29. The molecule has 21 heavy (non-hydrogen) atoms. The Kier molecular flexibility index (Phi) is 4.92. The van der Waals surface area contributed by atoms with Crippen LogP contribution in [0.25, 0.3) is 11.2 Å². The maximum atomic E-state index is 12.2. The quantitative estimate of drug-likeness (QED) is 0.623. The zero-order valence-electron chi connectivity index (χ0n) is 12.2. The fourth-order valence-electron chi connectivity index (χ4n) is 2.00. The third kappa shape index (κ3) is 3.22. The second-order valence-electron chi connectivity index (χ2n) is 4.48. The van der Waals surface area contributed by atoms with Crippen molar-refractivity contribution in [2.75, 3.05) is 27.4 Å². The van der Waals surface area contributed by atoms with E-state index >= 15 is 0 Å². The predicted octanol–water partition coefficient (Wildman–Crippen LogP) is 1.43. The fourth-order valence-corrected chi connectivity index (χ4v) is 2.35. The minimum Gasteiger partial charge on any atom is -0.481 e. The molecule has 114 valence electrons. The molecular weight excluding hydrogens is 292 g/mol. The van der Waals surface area contributed by atoms with Gasteiger partial charge in [0.25, 0.3) is 0 Å². The van der Waals surface area contributed by atoms with E-state index in [1.807, 2.05) is 6.07 Å². The first-order valence-electron chi connectivity index (χ1n) is 6.50. The first-order valence-corrected chi connectivity index (χ1v) is 6.91. The van der Waals surface area contributed by atoms with Crippen LogP contribution in [0.2, 0.25) is 0 Å². The van der Waals surface area contributed by atoms with Crippen LogP contribution < -0.4 is 10.1 Å². The summed E-state index contributed by atoms with van der Waals surface area (Å²) in [6.45, 7) is 2.68. The Hall–Kier alpha value is -1.93. The van der Waals surface area contributed by atoms with Crippen LogP contribution in [0.5, 0.6) is 5.88 Å². The van der Waals surface area contributed by atoms with E-state index in [-0.39, 0.29) is 5.91 Å². The maximum Gasteiger partial charge on any atom is 0.243 e. The molecule has 7 nitrogen and oxygen atoms in total. The summed E-state index contributed by atoms with van der Waals surface area (Å²) < 4.78 is 12.1. The van der Waals surface area contributed by atoms with E-state index < -0.39 is 6.04 Å². The van der Waals surface area contributed by atoms with E-state index in [4.69, 9.17) is 21.7 Å². The van der Waals surface area contributed by atoms with Gasteiger partial charge in [0.1, 0.15) is 6.04 Å². The number of carbonyl (C=O) groups is 1. The van der Waals surface area contributed by atoms with Crippen LogP contribution in [0.15, 0.2) is 12.1 Å². The van der Waals surface area contributed by atoms with Gasteiger partial charge in [0.05, 0.1) is 19.2 Å². The third-order valence-corrected chi connectivity index (χ3v) is 3.42. The lowest BCUT2D eigenvalue weighted by molar-refractivity contribution is -0.124. The summed E-state index contributed by atoms with van der Waals surface area (Å²) in [4.78, 5) is 19.5. The van der Waals surface area contributed by atoms with E-state index in [9.17, 15) is 4.79 Å². The fraction of sp³-hybridized carbons (Fsp3) is 0.462. The average Bonchev–Trinajstić information content (AvgIpc) is 2.81. The molecule has 8 heteroatoms. The van der Waals surface area contributed by atoms with Gasteiger partial charge in [-0.15, -0.1) is 0 Å². The second kappa shape index (κ2) is 6.68. The SMILES string of the molecule is COCCNC(=O)C(C)n1c(=S)[nH]c2ccc(OC)nc21. The van der Waals surface area contributed by atoms with Crippen molar-refractivity contribution in [3.63, 3.8) is 0 Å². The van der Waals surface area contributed by atoms with E-state index in [2.05, 4.69) is 15.3 Å². The van der Waals surface area contributed by atoms with E-state index in [0.29, 0.717) is 29.4 Å². The number of imidazole rings is 1. The lowest BCUT2D eigenvalue weighted by Crippen LogP contribution is -2.33. The predicted molar refractivity (Wildman–Crippen MR) is 81.1 cm³/mol. The van der Waals surface area contributed by atoms with Crippen molar-refractivity contribution in [2.45, 2.75) is 13.0 Å². The zero-order chi connectivity index (χ0) is 15.4. The summed E-state index contributed by atoms with van der Waals surface area (Å²) in [6, 6.07) is 3.08. The van der Waals surface area contributed by atoms with Gasteiger partial charge in [-0.3, -0.25) is 9.36 Å². The number of ether oxygens (including phenoxy) is 2. The number of pyridine rings is 1. The molecule has 2 N–H and O–H groups in total. The molecule has 2 rings (SSSR count). The topological polar surface area (TPSA) is 81.2 Å². The van der Waals surface area contributed by atoms with Crippen molar-refractivity contribution in [1.29, 1.82) is 0 Å². The molecule has 0 fully saturated rings. The summed E-state index contributed by atoms with van der Waals surface area (Å²) in [7, 11) is 3.13. The van der Waals surface area contributed by atoms with Crippen LogP contribution in [0.4, 0.5) is 0 Å². The Balaban J connectivity index is 2.33. The molecule has 0 aromatic carbocycles. The standard InChI is InChI=1S/C13H18N4O3S/c1-8(12(18)14-6-7-19-2)17-11-9(15-13(17)21)4-5-10(16-11)20-3/h4-5,8H,6-7H2,1-3H3,(H,14,18)(H,15,21). The molecule has 0 aliphatic rings. The molecule has 0 saturated carbocycles. The molecule has 2 aromatic heterocycles. The molecule has 0 bridgehead atoms. The van der Waals surface area contributed by atoms with Gasteiger partial charge in [0.15, 0.2) is 10.4 Å². The smallest absolute Gasteiger partial charge is 0.243 e. The number of hydrogen-bond donors (Lipinski definition) is 2. The molecule has 1 unspecified atom stereocenters. The van der Waals surface area contributed by atoms with Crippen molar-refractivity contribution in [3.8, 4) is 5.88 Å². The van der Waals surface area contributed by atoms with Crippen LogP contribution in [-0.4, -0.2) is 47.8 Å². The van der Waals surface area contributed by atoms with Gasteiger partial charge in [0.2, 0.25) is 11.8 Å². The number of aromatic nitrogens is 3. The third-order valence-electron chi connectivity index (χ3n) is 3.12. The highest BCUT2D eigenvalue weighted by molar-refractivity contribution is 7.71. The number of amides is 1. The van der Waals surface area contributed by atoms with Gasteiger partial charge in [-0.05, 0) is 25.2 Å². The van der Waals surface area contributed by atoms with Crippen molar-refractivity contribution < 1.29 is 14.3 Å². The molecule has 0 aliphatic carbocycles. The number of nitrogens with zero attached hydrogens (tertiary/aromatic N) is 2. The Morgan fingerprint density at radius 1 is 1.52 bits per heavy atom. The van der Waals surface area contributed by atoms with Crippen molar-refractivity contribution in [3.05, 3.63) is 16.9 Å². The van der Waals surface area contributed by atoms with Crippen molar-refractivity contribution >= 4 is 29.3 Å². The number of methoxy groups -OCH3 is 2. The number of hydrogen-bond acceptors (Lipinski definition) is 5. The van der Waals surface area contributed by atoms with E-state index in [0.717, 1.165) is 5.52 Å². The number of nitrogens with one attached hydrogen (secondary N) is 2. The van der Waals surface area contributed by atoms with Gasteiger partial charge >= 0.3 is 0 Å². The van der Waals surface area contributed by atoms with Crippen molar-refractivity contribution in [2.24, 2.45) is 0 Å². The van der Waals surface area contributed by atoms with Crippen LogP contribution in [0, 0.1) is 4.77 Å². The Morgan fingerprint density at radius 3 is 2.95 bits per heavy atom. The molecule has 2 aromatic rings. The first kappa shape index (κ1) is 15.5. The van der Waals surface area contributed by atoms with Crippen molar-refractivity contribution in [1.82, 2.24) is 19.9 Å². The van der Waals surface area contributed by atoms with Crippen LogP contribution in [0.3, 0.4) is 0 Å². The number of rotatable bonds is 6. The monoisotopic (exact) mass is 310 g/mol. The molecule has 1 atom stereocenters. The summed E-state index contributed by atoms with van der Waals surface area (Å²) in [5, 5.41) is 2.79. The number of aromatic amines is 1. The van der Waals surface area contributed by atoms with Crippen LogP contribution >= 0.6 is 12.2 Å².